The second-order valence-corrected chi connectivity index (χ2v) is 6.42. The molecule has 2 atom stereocenters. The van der Waals surface area contributed by atoms with Gasteiger partial charge in [-0.15, -0.1) is 0 Å². The zero-order valence-corrected chi connectivity index (χ0v) is 14.7. The molecule has 7 heteroatoms. The molecule has 2 unspecified atom stereocenters. The fraction of sp³-hybridized carbons (Fsp3) is 0.500. The number of methoxy groups -OCH3 is 1. The smallest absolute Gasteiger partial charge is 0.303 e. The van der Waals surface area contributed by atoms with Crippen LogP contribution in [0.25, 0.3) is 0 Å². The van der Waals surface area contributed by atoms with Crippen LogP contribution in [0.3, 0.4) is 0 Å². The Labute approximate surface area is 147 Å². The van der Waals surface area contributed by atoms with Crippen molar-refractivity contribution in [3.05, 3.63) is 23.8 Å². The first-order valence-corrected chi connectivity index (χ1v) is 8.29. The van der Waals surface area contributed by atoms with Crippen LogP contribution in [0.1, 0.15) is 31.7 Å². The Morgan fingerprint density at radius 3 is 2.80 bits per heavy atom. The zero-order chi connectivity index (χ0) is 18.6. The number of ether oxygens (including phenoxy) is 1. The minimum Gasteiger partial charge on any atom is -0.495 e. The number of carbonyl (C=O) groups excluding carboxylic acids is 2. The normalized spacial score (nSPS) is 18.1. The first-order chi connectivity index (χ1) is 11.8. The molecule has 1 aromatic carbocycles. The molecule has 2 N–H and O–H groups in total. The van der Waals surface area contributed by atoms with Crippen molar-refractivity contribution in [1.29, 1.82) is 0 Å². The summed E-state index contributed by atoms with van der Waals surface area (Å²) in [5.74, 6) is -1.10. The summed E-state index contributed by atoms with van der Waals surface area (Å²) in [6.45, 7) is 3.98. The highest BCUT2D eigenvalue weighted by Crippen LogP contribution is 2.33. The number of hydrogen-bond donors (Lipinski definition) is 2. The van der Waals surface area contributed by atoms with Gasteiger partial charge in [0.25, 0.3) is 0 Å². The minimum atomic E-state index is -0.894. The van der Waals surface area contributed by atoms with E-state index < -0.39 is 11.9 Å². The Hall–Kier alpha value is -2.57. The lowest BCUT2D eigenvalue weighted by Crippen LogP contribution is -2.38. The SMILES string of the molecule is COc1ccc(C)cc1N1CC(C(=O)NC(C)CCC(=O)O)CC1=O. The maximum atomic E-state index is 12.4. The largest absolute Gasteiger partial charge is 0.495 e. The predicted molar refractivity (Wildman–Crippen MR) is 92.7 cm³/mol. The number of hydrogen-bond acceptors (Lipinski definition) is 4. The quantitative estimate of drug-likeness (QED) is 0.782. The van der Waals surface area contributed by atoms with E-state index in [1.807, 2.05) is 19.1 Å². The molecule has 0 bridgehead atoms. The molecule has 1 fully saturated rings. The van der Waals surface area contributed by atoms with Crippen molar-refractivity contribution in [2.75, 3.05) is 18.6 Å². The van der Waals surface area contributed by atoms with Crippen molar-refractivity contribution in [2.45, 2.75) is 39.2 Å². The van der Waals surface area contributed by atoms with Crippen molar-refractivity contribution in [3.8, 4) is 5.75 Å². The second kappa shape index (κ2) is 8.00. The molecule has 1 aliphatic rings. The molecular weight excluding hydrogens is 324 g/mol. The number of rotatable bonds is 7. The number of amides is 2. The predicted octanol–water partition coefficient (Wildman–Crippen LogP) is 1.73. The molecule has 0 radical (unpaired) electrons. The van der Waals surface area contributed by atoms with Crippen LogP contribution in [-0.4, -0.2) is 42.6 Å². The van der Waals surface area contributed by atoms with Crippen LogP contribution >= 0.6 is 0 Å². The summed E-state index contributed by atoms with van der Waals surface area (Å²) in [7, 11) is 1.54. The first-order valence-electron chi connectivity index (χ1n) is 8.29. The van der Waals surface area contributed by atoms with E-state index in [1.54, 1.807) is 25.0 Å². The summed E-state index contributed by atoms with van der Waals surface area (Å²) in [5, 5.41) is 11.5. The third-order valence-electron chi connectivity index (χ3n) is 4.30. The summed E-state index contributed by atoms with van der Waals surface area (Å²) in [4.78, 5) is 36.9. The highest BCUT2D eigenvalue weighted by atomic mass is 16.5. The van der Waals surface area contributed by atoms with Crippen molar-refractivity contribution < 1.29 is 24.2 Å². The number of aliphatic carboxylic acids is 1. The summed E-state index contributed by atoms with van der Waals surface area (Å²) in [5.41, 5.74) is 1.67. The highest BCUT2D eigenvalue weighted by Gasteiger charge is 2.36. The summed E-state index contributed by atoms with van der Waals surface area (Å²) in [6, 6.07) is 5.32. The molecule has 2 rings (SSSR count). The molecule has 1 aromatic rings. The third-order valence-corrected chi connectivity index (χ3v) is 4.30. The van der Waals surface area contributed by atoms with Crippen LogP contribution in [0.2, 0.25) is 0 Å². The van der Waals surface area contributed by atoms with Gasteiger partial charge in [-0.1, -0.05) is 6.07 Å². The first kappa shape index (κ1) is 18.8. The molecule has 7 nitrogen and oxygen atoms in total. The molecule has 0 aliphatic carbocycles. The van der Waals surface area contributed by atoms with Crippen molar-refractivity contribution in [3.63, 3.8) is 0 Å². The number of carbonyl (C=O) groups is 3. The standard InChI is InChI=1S/C18H24N2O5/c1-11-4-6-15(25-3)14(8-11)20-10-13(9-16(20)21)18(24)19-12(2)5-7-17(22)23/h4,6,8,12-13H,5,7,9-10H2,1-3H3,(H,19,24)(H,22,23). The van der Waals surface area contributed by atoms with E-state index in [9.17, 15) is 14.4 Å². The summed E-state index contributed by atoms with van der Waals surface area (Å²) < 4.78 is 5.33. The van der Waals surface area contributed by atoms with Gasteiger partial charge >= 0.3 is 5.97 Å². The van der Waals surface area contributed by atoms with E-state index in [0.717, 1.165) is 5.56 Å². The van der Waals surface area contributed by atoms with Crippen LogP contribution in [0.4, 0.5) is 5.69 Å². The van der Waals surface area contributed by atoms with Gasteiger partial charge in [0, 0.05) is 25.4 Å². The van der Waals surface area contributed by atoms with Gasteiger partial charge in [0.15, 0.2) is 0 Å². The molecule has 2 amide bonds. The average Bonchev–Trinajstić information content (AvgIpc) is 2.94. The number of anilines is 1. The Morgan fingerprint density at radius 2 is 2.16 bits per heavy atom. The lowest BCUT2D eigenvalue weighted by Gasteiger charge is -2.20. The number of nitrogens with one attached hydrogen (secondary N) is 1. The molecular formula is C18H24N2O5. The molecule has 1 heterocycles. The number of aryl methyl sites for hydroxylation is 1. The maximum absolute atomic E-state index is 12.4. The Morgan fingerprint density at radius 1 is 1.44 bits per heavy atom. The van der Waals surface area contributed by atoms with E-state index in [-0.39, 0.29) is 37.2 Å². The molecule has 1 saturated heterocycles. The van der Waals surface area contributed by atoms with Gasteiger partial charge in [0.05, 0.1) is 18.7 Å². The molecule has 1 aliphatic heterocycles. The van der Waals surface area contributed by atoms with Gasteiger partial charge < -0.3 is 20.1 Å². The number of benzene rings is 1. The van der Waals surface area contributed by atoms with Gasteiger partial charge in [-0.05, 0) is 38.0 Å². The molecule has 136 valence electrons. The molecule has 0 spiro atoms. The molecule has 0 saturated carbocycles. The number of carboxylic acids is 1. The fourth-order valence-electron chi connectivity index (χ4n) is 2.90. The maximum Gasteiger partial charge on any atom is 0.303 e. The number of carboxylic acid groups (broad SMARTS) is 1. The lowest BCUT2D eigenvalue weighted by atomic mass is 10.1. The molecule has 25 heavy (non-hydrogen) atoms. The Kier molecular flexibility index (Phi) is 6.01. The van der Waals surface area contributed by atoms with Crippen LogP contribution in [0.5, 0.6) is 5.75 Å². The topological polar surface area (TPSA) is 95.9 Å². The lowest BCUT2D eigenvalue weighted by molar-refractivity contribution is -0.137. The Bertz CT molecular complexity index is 673. The Balaban J connectivity index is 2.03. The van der Waals surface area contributed by atoms with Crippen molar-refractivity contribution >= 4 is 23.5 Å². The van der Waals surface area contributed by atoms with E-state index in [2.05, 4.69) is 5.32 Å². The van der Waals surface area contributed by atoms with Crippen molar-refractivity contribution in [1.82, 2.24) is 5.32 Å². The van der Waals surface area contributed by atoms with Crippen LogP contribution in [-0.2, 0) is 14.4 Å². The summed E-state index contributed by atoms with van der Waals surface area (Å²) >= 11 is 0. The monoisotopic (exact) mass is 348 g/mol. The average molecular weight is 348 g/mol. The second-order valence-electron chi connectivity index (χ2n) is 6.42. The van der Waals surface area contributed by atoms with Crippen LogP contribution in [0.15, 0.2) is 18.2 Å². The molecule has 0 aromatic heterocycles. The van der Waals surface area contributed by atoms with Gasteiger partial charge in [-0.25, -0.2) is 0 Å². The number of nitrogens with zero attached hydrogens (tertiary/aromatic N) is 1. The van der Waals surface area contributed by atoms with Crippen LogP contribution in [0, 0.1) is 12.8 Å². The highest BCUT2D eigenvalue weighted by molar-refractivity contribution is 6.01. The van der Waals surface area contributed by atoms with Gasteiger partial charge in [-0.2, -0.15) is 0 Å². The summed E-state index contributed by atoms with van der Waals surface area (Å²) in [6.07, 6.45) is 0.489. The van der Waals surface area contributed by atoms with E-state index in [0.29, 0.717) is 17.9 Å². The van der Waals surface area contributed by atoms with Gasteiger partial charge in [0.2, 0.25) is 11.8 Å². The van der Waals surface area contributed by atoms with E-state index in [4.69, 9.17) is 9.84 Å². The fourth-order valence-corrected chi connectivity index (χ4v) is 2.90. The third kappa shape index (κ3) is 4.71. The minimum absolute atomic E-state index is 0.00232. The van der Waals surface area contributed by atoms with Gasteiger partial charge in [-0.3, -0.25) is 14.4 Å². The van der Waals surface area contributed by atoms with E-state index >= 15 is 0 Å². The van der Waals surface area contributed by atoms with Gasteiger partial charge in [0.1, 0.15) is 5.75 Å². The van der Waals surface area contributed by atoms with Crippen molar-refractivity contribution in [2.24, 2.45) is 5.92 Å². The van der Waals surface area contributed by atoms with E-state index in [1.165, 1.54) is 0 Å². The zero-order valence-electron chi connectivity index (χ0n) is 14.7. The van der Waals surface area contributed by atoms with Crippen LogP contribution < -0.4 is 15.0 Å².